The Kier molecular flexibility index (Phi) is 4.18. The first-order chi connectivity index (χ1) is 10.7. The number of nitrogens with two attached hydrogens (primary N) is 1. The lowest BCUT2D eigenvalue weighted by Gasteiger charge is -2.27. The van der Waals surface area contributed by atoms with Crippen molar-refractivity contribution in [2.75, 3.05) is 19.7 Å². The van der Waals surface area contributed by atoms with E-state index in [2.05, 4.69) is 0 Å². The average Bonchev–Trinajstić information content (AvgIpc) is 2.77. The first-order valence-corrected chi connectivity index (χ1v) is 7.68. The Morgan fingerprint density at radius 2 is 1.95 bits per heavy atom. The minimum atomic E-state index is -0.721. The normalized spacial score (nSPS) is 21.1. The molecule has 0 aliphatic carbocycles. The van der Waals surface area contributed by atoms with Crippen LogP contribution >= 0.6 is 0 Å². The van der Waals surface area contributed by atoms with Crippen molar-refractivity contribution < 1.29 is 19.1 Å². The standard InChI is InChI=1S/C16H20N2O4/c17-15(19)13-7-10-21-14-11(5-4-6-12(14)22-13)16(20)18-8-2-1-3-9-18/h4-6,13H,1-3,7-10H2,(H2,17,19). The number of primary amides is 1. The number of likely N-dealkylation sites (tertiary alicyclic amines) is 1. The number of amides is 2. The quantitative estimate of drug-likeness (QED) is 0.893. The van der Waals surface area contributed by atoms with E-state index in [1.54, 1.807) is 18.2 Å². The van der Waals surface area contributed by atoms with Crippen LogP contribution in [0.5, 0.6) is 11.5 Å². The summed E-state index contributed by atoms with van der Waals surface area (Å²) in [6.07, 6.45) is 2.88. The molecular formula is C16H20N2O4. The zero-order valence-corrected chi connectivity index (χ0v) is 12.4. The van der Waals surface area contributed by atoms with Crippen LogP contribution in [-0.2, 0) is 4.79 Å². The lowest BCUT2D eigenvalue weighted by molar-refractivity contribution is -0.124. The molecule has 1 aromatic carbocycles. The largest absolute Gasteiger partial charge is 0.489 e. The Morgan fingerprint density at radius 1 is 1.18 bits per heavy atom. The third-order valence-corrected chi connectivity index (χ3v) is 4.07. The van der Waals surface area contributed by atoms with Crippen LogP contribution in [0, 0.1) is 0 Å². The van der Waals surface area contributed by atoms with Gasteiger partial charge in [-0.15, -0.1) is 0 Å². The van der Waals surface area contributed by atoms with Gasteiger partial charge in [0, 0.05) is 19.5 Å². The van der Waals surface area contributed by atoms with Crippen molar-refractivity contribution >= 4 is 11.8 Å². The zero-order valence-electron chi connectivity index (χ0n) is 12.4. The second-order valence-corrected chi connectivity index (χ2v) is 5.63. The van der Waals surface area contributed by atoms with Crippen LogP contribution in [0.3, 0.4) is 0 Å². The van der Waals surface area contributed by atoms with Gasteiger partial charge in [-0.2, -0.15) is 0 Å². The topological polar surface area (TPSA) is 81.9 Å². The molecule has 118 valence electrons. The van der Waals surface area contributed by atoms with Gasteiger partial charge >= 0.3 is 0 Å². The summed E-state index contributed by atoms with van der Waals surface area (Å²) in [5.74, 6) is 0.257. The van der Waals surface area contributed by atoms with Crippen LogP contribution in [0.4, 0.5) is 0 Å². The van der Waals surface area contributed by atoms with Gasteiger partial charge < -0.3 is 20.1 Å². The van der Waals surface area contributed by atoms with Gasteiger partial charge in [-0.3, -0.25) is 9.59 Å². The molecule has 2 heterocycles. The number of piperidine rings is 1. The number of hydrogen-bond donors (Lipinski definition) is 1. The maximum atomic E-state index is 12.7. The van der Waals surface area contributed by atoms with Gasteiger partial charge in [0.25, 0.3) is 11.8 Å². The third kappa shape index (κ3) is 2.86. The number of fused-ring (bicyclic) bond motifs is 1. The summed E-state index contributed by atoms with van der Waals surface area (Å²) < 4.78 is 11.3. The Labute approximate surface area is 129 Å². The fraction of sp³-hybridized carbons (Fsp3) is 0.500. The summed E-state index contributed by atoms with van der Waals surface area (Å²) in [5, 5.41) is 0. The minimum absolute atomic E-state index is 0.0438. The van der Waals surface area contributed by atoms with Crippen molar-refractivity contribution in [1.82, 2.24) is 4.90 Å². The molecule has 0 aromatic heterocycles. The highest BCUT2D eigenvalue weighted by Gasteiger charge is 2.28. The molecule has 1 aromatic rings. The Balaban J connectivity index is 1.89. The SMILES string of the molecule is NC(=O)C1CCOc2c(cccc2C(=O)N2CCCCC2)O1. The molecule has 1 fully saturated rings. The van der Waals surface area contributed by atoms with Crippen LogP contribution in [0.15, 0.2) is 18.2 Å². The van der Waals surface area contributed by atoms with Gasteiger partial charge in [0.15, 0.2) is 17.6 Å². The summed E-state index contributed by atoms with van der Waals surface area (Å²) in [6.45, 7) is 1.84. The van der Waals surface area contributed by atoms with Crippen molar-refractivity contribution in [2.24, 2.45) is 5.73 Å². The lowest BCUT2D eigenvalue weighted by atomic mass is 10.1. The van der Waals surface area contributed by atoms with Gasteiger partial charge in [0.2, 0.25) is 0 Å². The molecule has 22 heavy (non-hydrogen) atoms. The Hall–Kier alpha value is -2.24. The summed E-state index contributed by atoms with van der Waals surface area (Å²) in [5.41, 5.74) is 5.80. The van der Waals surface area contributed by atoms with E-state index in [0.717, 1.165) is 32.4 Å². The van der Waals surface area contributed by atoms with E-state index in [1.807, 2.05) is 4.90 Å². The average molecular weight is 304 g/mol. The van der Waals surface area contributed by atoms with Gasteiger partial charge in [0.05, 0.1) is 12.2 Å². The molecule has 0 radical (unpaired) electrons. The molecule has 0 saturated carbocycles. The second kappa shape index (κ2) is 6.25. The molecular weight excluding hydrogens is 284 g/mol. The first-order valence-electron chi connectivity index (χ1n) is 7.68. The number of nitrogens with zero attached hydrogens (tertiary/aromatic N) is 1. The highest BCUT2D eigenvalue weighted by atomic mass is 16.5. The van der Waals surface area contributed by atoms with E-state index < -0.39 is 12.0 Å². The maximum absolute atomic E-state index is 12.7. The predicted molar refractivity (Wildman–Crippen MR) is 79.9 cm³/mol. The van der Waals surface area contributed by atoms with Crippen molar-refractivity contribution in [1.29, 1.82) is 0 Å². The number of ether oxygens (including phenoxy) is 2. The molecule has 6 nitrogen and oxygen atoms in total. The smallest absolute Gasteiger partial charge is 0.258 e. The summed E-state index contributed by atoms with van der Waals surface area (Å²) in [4.78, 5) is 25.9. The van der Waals surface area contributed by atoms with Crippen molar-refractivity contribution in [3.63, 3.8) is 0 Å². The molecule has 1 atom stereocenters. The van der Waals surface area contributed by atoms with Crippen LogP contribution in [0.1, 0.15) is 36.0 Å². The van der Waals surface area contributed by atoms with Gasteiger partial charge in [-0.25, -0.2) is 0 Å². The molecule has 2 N–H and O–H groups in total. The number of benzene rings is 1. The van der Waals surface area contributed by atoms with Gasteiger partial charge in [0.1, 0.15) is 0 Å². The molecule has 1 saturated heterocycles. The van der Waals surface area contributed by atoms with Crippen LogP contribution in [-0.4, -0.2) is 42.5 Å². The van der Waals surface area contributed by atoms with E-state index in [1.165, 1.54) is 0 Å². The molecule has 2 amide bonds. The minimum Gasteiger partial charge on any atom is -0.489 e. The maximum Gasteiger partial charge on any atom is 0.258 e. The third-order valence-electron chi connectivity index (χ3n) is 4.07. The highest BCUT2D eigenvalue weighted by molar-refractivity contribution is 5.98. The summed E-state index contributed by atoms with van der Waals surface area (Å²) in [6, 6.07) is 5.18. The molecule has 1 unspecified atom stereocenters. The number of para-hydroxylation sites is 1. The van der Waals surface area contributed by atoms with E-state index in [-0.39, 0.29) is 5.91 Å². The van der Waals surface area contributed by atoms with E-state index in [4.69, 9.17) is 15.2 Å². The predicted octanol–water partition coefficient (Wildman–Crippen LogP) is 1.33. The van der Waals surface area contributed by atoms with Crippen LogP contribution in [0.25, 0.3) is 0 Å². The number of rotatable bonds is 2. The lowest BCUT2D eigenvalue weighted by Crippen LogP contribution is -2.35. The molecule has 2 aliphatic rings. The fourth-order valence-corrected chi connectivity index (χ4v) is 2.87. The van der Waals surface area contributed by atoms with Crippen LogP contribution in [0.2, 0.25) is 0 Å². The van der Waals surface area contributed by atoms with Crippen molar-refractivity contribution in [3.05, 3.63) is 23.8 Å². The van der Waals surface area contributed by atoms with Crippen molar-refractivity contribution in [2.45, 2.75) is 31.8 Å². The number of carbonyl (C=O) groups is 2. The molecule has 0 bridgehead atoms. The highest BCUT2D eigenvalue weighted by Crippen LogP contribution is 2.35. The Bertz CT molecular complexity index is 582. The molecule has 3 rings (SSSR count). The van der Waals surface area contributed by atoms with E-state index >= 15 is 0 Å². The van der Waals surface area contributed by atoms with Crippen LogP contribution < -0.4 is 15.2 Å². The monoisotopic (exact) mass is 304 g/mol. The molecule has 0 spiro atoms. The van der Waals surface area contributed by atoms with E-state index in [0.29, 0.717) is 30.1 Å². The van der Waals surface area contributed by atoms with Crippen molar-refractivity contribution in [3.8, 4) is 11.5 Å². The summed E-state index contributed by atoms with van der Waals surface area (Å²) in [7, 11) is 0. The summed E-state index contributed by atoms with van der Waals surface area (Å²) >= 11 is 0. The molecule has 6 heteroatoms. The zero-order chi connectivity index (χ0) is 15.5. The molecule has 2 aliphatic heterocycles. The first kappa shape index (κ1) is 14.7. The number of hydrogen-bond acceptors (Lipinski definition) is 4. The van der Waals surface area contributed by atoms with Gasteiger partial charge in [-0.05, 0) is 31.4 Å². The Morgan fingerprint density at radius 3 is 2.68 bits per heavy atom. The second-order valence-electron chi connectivity index (χ2n) is 5.63. The van der Waals surface area contributed by atoms with Gasteiger partial charge in [-0.1, -0.05) is 6.07 Å². The van der Waals surface area contributed by atoms with E-state index in [9.17, 15) is 9.59 Å². The number of carbonyl (C=O) groups excluding carboxylic acids is 2. The fourth-order valence-electron chi connectivity index (χ4n) is 2.87.